The molecule has 1 fully saturated rings. The minimum absolute atomic E-state index is 0.476. The largest absolute Gasteiger partial charge is 0.383 e. The van der Waals surface area contributed by atoms with Crippen LogP contribution in [0, 0.1) is 19.3 Å². The van der Waals surface area contributed by atoms with E-state index >= 15 is 0 Å². The highest BCUT2D eigenvalue weighted by atomic mass is 15.3. The minimum Gasteiger partial charge on any atom is -0.383 e. The minimum atomic E-state index is 0.476. The zero-order valence-corrected chi connectivity index (χ0v) is 12.6. The van der Waals surface area contributed by atoms with E-state index in [1.165, 1.54) is 25.7 Å². The molecule has 5 nitrogen and oxygen atoms in total. The Kier molecular flexibility index (Phi) is 3.46. The Morgan fingerprint density at radius 3 is 2.71 bits per heavy atom. The maximum Gasteiger partial charge on any atom is 0.132 e. The number of terminal acetylenes is 1. The first-order valence-electron chi connectivity index (χ1n) is 7.41. The van der Waals surface area contributed by atoms with E-state index in [0.717, 1.165) is 22.8 Å². The van der Waals surface area contributed by atoms with Crippen molar-refractivity contribution in [2.45, 2.75) is 45.1 Å². The lowest BCUT2D eigenvalue weighted by Gasteiger charge is -2.11. The molecule has 1 aliphatic rings. The summed E-state index contributed by atoms with van der Waals surface area (Å²) in [5, 5.41) is 4.38. The summed E-state index contributed by atoms with van der Waals surface area (Å²) < 4.78 is 3.79. The number of nitrogen functional groups attached to an aromatic ring is 1. The van der Waals surface area contributed by atoms with Crippen LogP contribution in [0.4, 0.5) is 5.82 Å². The van der Waals surface area contributed by atoms with E-state index < -0.39 is 0 Å². The fourth-order valence-electron chi connectivity index (χ4n) is 3.27. The van der Waals surface area contributed by atoms with Gasteiger partial charge in [-0.1, -0.05) is 18.8 Å². The van der Waals surface area contributed by atoms with Gasteiger partial charge in [0.1, 0.15) is 17.3 Å². The van der Waals surface area contributed by atoms with E-state index in [1.807, 2.05) is 24.7 Å². The highest BCUT2D eigenvalue weighted by molar-refractivity contribution is 5.72. The van der Waals surface area contributed by atoms with Gasteiger partial charge in [-0.05, 0) is 19.8 Å². The quantitative estimate of drug-likeness (QED) is 0.880. The average Bonchev–Trinajstić information content (AvgIpc) is 3.13. The van der Waals surface area contributed by atoms with Gasteiger partial charge in [0.25, 0.3) is 0 Å². The van der Waals surface area contributed by atoms with Crippen LogP contribution in [0.3, 0.4) is 0 Å². The molecule has 0 atom stereocenters. The van der Waals surface area contributed by atoms with Crippen molar-refractivity contribution in [3.05, 3.63) is 17.7 Å². The molecule has 2 heterocycles. The fraction of sp³-hybridized carbons (Fsp3) is 0.500. The molecule has 2 aromatic rings. The lowest BCUT2D eigenvalue weighted by Crippen LogP contribution is -2.09. The SMILES string of the molecule is C#CCn1c(C2CCCC2)nc(-c2cn(C)nc2C)c1N. The topological polar surface area (TPSA) is 61.7 Å². The number of aromatic nitrogens is 4. The summed E-state index contributed by atoms with van der Waals surface area (Å²) in [6, 6.07) is 0. The van der Waals surface area contributed by atoms with E-state index in [9.17, 15) is 0 Å². The molecule has 0 radical (unpaired) electrons. The normalized spacial score (nSPS) is 15.5. The van der Waals surface area contributed by atoms with E-state index in [-0.39, 0.29) is 0 Å². The number of rotatable bonds is 3. The molecule has 1 aliphatic carbocycles. The summed E-state index contributed by atoms with van der Waals surface area (Å²) in [7, 11) is 1.91. The van der Waals surface area contributed by atoms with Gasteiger partial charge in [0, 0.05) is 24.7 Å². The Hall–Kier alpha value is -2.22. The third-order valence-corrected chi connectivity index (χ3v) is 4.27. The van der Waals surface area contributed by atoms with Crippen molar-refractivity contribution in [2.24, 2.45) is 7.05 Å². The number of nitrogens with zero attached hydrogens (tertiary/aromatic N) is 4. The maximum absolute atomic E-state index is 6.34. The first-order chi connectivity index (χ1) is 10.1. The molecule has 5 heteroatoms. The molecular weight excluding hydrogens is 262 g/mol. The molecule has 0 aromatic carbocycles. The van der Waals surface area contributed by atoms with Crippen LogP contribution in [-0.2, 0) is 13.6 Å². The first kappa shape index (κ1) is 13.7. The van der Waals surface area contributed by atoms with Gasteiger partial charge in [-0.15, -0.1) is 6.42 Å². The van der Waals surface area contributed by atoms with Crippen LogP contribution in [0.25, 0.3) is 11.3 Å². The number of nitrogens with two attached hydrogens (primary N) is 1. The van der Waals surface area contributed by atoms with Crippen molar-refractivity contribution < 1.29 is 0 Å². The lowest BCUT2D eigenvalue weighted by molar-refractivity contribution is 0.622. The summed E-state index contributed by atoms with van der Waals surface area (Å²) in [6.07, 6.45) is 12.3. The highest BCUT2D eigenvalue weighted by Crippen LogP contribution is 2.37. The zero-order valence-electron chi connectivity index (χ0n) is 12.6. The van der Waals surface area contributed by atoms with Gasteiger partial charge in [0.15, 0.2) is 0 Å². The van der Waals surface area contributed by atoms with Crippen LogP contribution in [0.15, 0.2) is 6.20 Å². The second kappa shape index (κ2) is 5.28. The summed E-state index contributed by atoms with van der Waals surface area (Å²) in [6.45, 7) is 2.45. The van der Waals surface area contributed by atoms with Crippen LogP contribution in [0.1, 0.15) is 43.1 Å². The Balaban J connectivity index is 2.11. The van der Waals surface area contributed by atoms with Gasteiger partial charge in [-0.3, -0.25) is 4.68 Å². The number of imidazole rings is 1. The lowest BCUT2D eigenvalue weighted by atomic mass is 10.1. The van der Waals surface area contributed by atoms with Gasteiger partial charge in [-0.2, -0.15) is 5.10 Å². The Morgan fingerprint density at radius 2 is 2.14 bits per heavy atom. The second-order valence-corrected chi connectivity index (χ2v) is 5.78. The maximum atomic E-state index is 6.34. The molecule has 110 valence electrons. The van der Waals surface area contributed by atoms with Gasteiger partial charge < -0.3 is 10.3 Å². The van der Waals surface area contributed by atoms with E-state index in [0.29, 0.717) is 18.3 Å². The number of anilines is 1. The van der Waals surface area contributed by atoms with Crippen molar-refractivity contribution in [1.29, 1.82) is 0 Å². The molecule has 0 spiro atoms. The molecular formula is C16H21N5. The number of hydrogen-bond donors (Lipinski definition) is 1. The van der Waals surface area contributed by atoms with E-state index in [1.54, 1.807) is 4.68 Å². The summed E-state index contributed by atoms with van der Waals surface area (Å²) in [5.74, 6) is 4.87. The van der Waals surface area contributed by atoms with Gasteiger partial charge in [-0.25, -0.2) is 4.98 Å². The number of hydrogen-bond acceptors (Lipinski definition) is 3. The summed E-state index contributed by atoms with van der Waals surface area (Å²) in [5.41, 5.74) is 9.08. The molecule has 3 rings (SSSR count). The first-order valence-corrected chi connectivity index (χ1v) is 7.41. The third kappa shape index (κ3) is 2.31. The molecule has 0 bridgehead atoms. The van der Waals surface area contributed by atoms with E-state index in [2.05, 4.69) is 11.0 Å². The van der Waals surface area contributed by atoms with Crippen molar-refractivity contribution in [3.8, 4) is 23.6 Å². The van der Waals surface area contributed by atoms with Gasteiger partial charge in [0.05, 0.1) is 12.2 Å². The van der Waals surface area contributed by atoms with Crippen molar-refractivity contribution >= 4 is 5.82 Å². The summed E-state index contributed by atoms with van der Waals surface area (Å²) in [4.78, 5) is 4.84. The average molecular weight is 283 g/mol. The molecule has 1 saturated carbocycles. The fourth-order valence-corrected chi connectivity index (χ4v) is 3.27. The van der Waals surface area contributed by atoms with Gasteiger partial charge >= 0.3 is 0 Å². The molecule has 0 saturated heterocycles. The molecule has 21 heavy (non-hydrogen) atoms. The zero-order chi connectivity index (χ0) is 15.0. The van der Waals surface area contributed by atoms with Crippen LogP contribution < -0.4 is 5.73 Å². The Bertz CT molecular complexity index is 695. The molecule has 2 N–H and O–H groups in total. The molecule has 0 amide bonds. The van der Waals surface area contributed by atoms with Crippen LogP contribution in [-0.4, -0.2) is 19.3 Å². The van der Waals surface area contributed by atoms with Crippen LogP contribution in [0.2, 0.25) is 0 Å². The van der Waals surface area contributed by atoms with Crippen molar-refractivity contribution in [2.75, 3.05) is 5.73 Å². The van der Waals surface area contributed by atoms with Crippen LogP contribution >= 0.6 is 0 Å². The predicted octanol–water partition coefficient (Wildman–Crippen LogP) is 2.47. The molecule has 2 aromatic heterocycles. The van der Waals surface area contributed by atoms with Crippen molar-refractivity contribution in [3.63, 3.8) is 0 Å². The second-order valence-electron chi connectivity index (χ2n) is 5.78. The summed E-state index contributed by atoms with van der Waals surface area (Å²) >= 11 is 0. The molecule has 0 aliphatic heterocycles. The van der Waals surface area contributed by atoms with Gasteiger partial charge in [0.2, 0.25) is 0 Å². The Labute approximate surface area is 125 Å². The number of aryl methyl sites for hydroxylation is 2. The molecule has 0 unspecified atom stereocenters. The monoisotopic (exact) mass is 283 g/mol. The Morgan fingerprint density at radius 1 is 1.43 bits per heavy atom. The van der Waals surface area contributed by atoms with E-state index in [4.69, 9.17) is 17.1 Å². The standard InChI is InChI=1S/C16H21N5/c1-4-9-21-15(17)14(13-10-20(3)19-11(13)2)18-16(21)12-7-5-6-8-12/h1,10,12H,5-9,17H2,2-3H3. The smallest absolute Gasteiger partial charge is 0.132 e. The van der Waals surface area contributed by atoms with Crippen molar-refractivity contribution in [1.82, 2.24) is 19.3 Å². The van der Waals surface area contributed by atoms with Crippen LogP contribution in [0.5, 0.6) is 0 Å². The third-order valence-electron chi connectivity index (χ3n) is 4.27. The highest BCUT2D eigenvalue weighted by Gasteiger charge is 2.26. The predicted molar refractivity (Wildman–Crippen MR) is 83.6 cm³/mol.